The Hall–Kier alpha value is -2.33. The van der Waals surface area contributed by atoms with Crippen LogP contribution in [0.3, 0.4) is 0 Å². The number of methoxy groups -OCH3 is 1. The highest BCUT2D eigenvalue weighted by molar-refractivity contribution is 5.83. The summed E-state index contributed by atoms with van der Waals surface area (Å²) in [5.74, 6) is 0.744. The lowest BCUT2D eigenvalue weighted by molar-refractivity contribution is -0.123. The predicted molar refractivity (Wildman–Crippen MR) is 85.6 cm³/mol. The van der Waals surface area contributed by atoms with Gasteiger partial charge in [0.25, 0.3) is 0 Å². The number of benzene rings is 2. The van der Waals surface area contributed by atoms with Crippen LogP contribution in [-0.2, 0) is 11.2 Å². The monoisotopic (exact) mass is 296 g/mol. The lowest BCUT2D eigenvalue weighted by Crippen LogP contribution is -2.36. The summed E-state index contributed by atoms with van der Waals surface area (Å²) in [6.07, 6.45) is 1.79. The Balaban J connectivity index is 1.75. The van der Waals surface area contributed by atoms with Gasteiger partial charge in [-0.1, -0.05) is 42.5 Å². The molecule has 3 N–H and O–H groups in total. The molecule has 114 valence electrons. The quantitative estimate of drug-likeness (QED) is 0.911. The van der Waals surface area contributed by atoms with Crippen LogP contribution in [-0.4, -0.2) is 13.0 Å². The van der Waals surface area contributed by atoms with Gasteiger partial charge in [0.05, 0.1) is 13.2 Å². The predicted octanol–water partition coefficient (Wildman–Crippen LogP) is 2.50. The molecule has 0 aromatic heterocycles. The van der Waals surface area contributed by atoms with Crippen molar-refractivity contribution in [2.45, 2.75) is 24.9 Å². The third kappa shape index (κ3) is 2.70. The summed E-state index contributed by atoms with van der Waals surface area (Å²) in [4.78, 5) is 12.4. The number of carbonyl (C=O) groups is 1. The van der Waals surface area contributed by atoms with Gasteiger partial charge in [0.1, 0.15) is 11.8 Å². The molecular weight excluding hydrogens is 276 g/mol. The molecule has 2 unspecified atom stereocenters. The molecule has 0 heterocycles. The first-order valence-corrected chi connectivity index (χ1v) is 7.47. The highest BCUT2D eigenvalue weighted by atomic mass is 16.5. The number of ether oxygens (including phenoxy) is 1. The Bertz CT molecular complexity index is 670. The van der Waals surface area contributed by atoms with E-state index in [0.717, 1.165) is 29.7 Å². The topological polar surface area (TPSA) is 64.3 Å². The molecule has 0 saturated heterocycles. The standard InChI is InChI=1S/C18H20N2O2/c1-22-16-9-5-8-13-14(16)10-11-15(13)20-18(21)17(19)12-6-3-2-4-7-12/h2-9,15,17H,10-11,19H2,1H3,(H,20,21). The fourth-order valence-electron chi connectivity index (χ4n) is 3.04. The zero-order chi connectivity index (χ0) is 15.5. The van der Waals surface area contributed by atoms with Gasteiger partial charge in [0.15, 0.2) is 0 Å². The second-order valence-electron chi connectivity index (χ2n) is 5.52. The van der Waals surface area contributed by atoms with Crippen molar-refractivity contribution in [3.63, 3.8) is 0 Å². The van der Waals surface area contributed by atoms with Crippen molar-refractivity contribution in [2.24, 2.45) is 5.73 Å². The van der Waals surface area contributed by atoms with Crippen LogP contribution in [0.2, 0.25) is 0 Å². The Kier molecular flexibility index (Phi) is 4.11. The number of nitrogens with two attached hydrogens (primary N) is 1. The minimum Gasteiger partial charge on any atom is -0.496 e. The number of nitrogens with one attached hydrogen (secondary N) is 1. The Morgan fingerprint density at radius 1 is 1.23 bits per heavy atom. The van der Waals surface area contributed by atoms with Crippen LogP contribution in [0.15, 0.2) is 48.5 Å². The third-order valence-corrected chi connectivity index (χ3v) is 4.21. The first-order chi connectivity index (χ1) is 10.7. The van der Waals surface area contributed by atoms with Crippen LogP contribution in [0.4, 0.5) is 0 Å². The van der Waals surface area contributed by atoms with Crippen LogP contribution >= 0.6 is 0 Å². The van der Waals surface area contributed by atoms with Gasteiger partial charge < -0.3 is 15.8 Å². The number of hydrogen-bond acceptors (Lipinski definition) is 3. The molecule has 1 amide bonds. The number of carbonyl (C=O) groups excluding carboxylic acids is 1. The molecule has 2 atom stereocenters. The maximum atomic E-state index is 12.4. The average molecular weight is 296 g/mol. The maximum absolute atomic E-state index is 12.4. The zero-order valence-corrected chi connectivity index (χ0v) is 12.6. The van der Waals surface area contributed by atoms with Crippen LogP contribution in [0.5, 0.6) is 5.75 Å². The second kappa shape index (κ2) is 6.20. The van der Waals surface area contributed by atoms with Gasteiger partial charge in [-0.15, -0.1) is 0 Å². The Morgan fingerprint density at radius 2 is 2.00 bits per heavy atom. The van der Waals surface area contributed by atoms with Crippen LogP contribution in [0.1, 0.15) is 35.2 Å². The SMILES string of the molecule is COc1cccc2c1CCC2NC(=O)C(N)c1ccccc1. The molecule has 3 rings (SSSR count). The van der Waals surface area contributed by atoms with E-state index in [1.807, 2.05) is 48.5 Å². The van der Waals surface area contributed by atoms with Crippen LogP contribution in [0, 0.1) is 0 Å². The van der Waals surface area contributed by atoms with Crippen molar-refractivity contribution < 1.29 is 9.53 Å². The van der Waals surface area contributed by atoms with Crippen molar-refractivity contribution in [2.75, 3.05) is 7.11 Å². The Labute approximate surface area is 130 Å². The summed E-state index contributed by atoms with van der Waals surface area (Å²) >= 11 is 0. The second-order valence-corrected chi connectivity index (χ2v) is 5.52. The Morgan fingerprint density at radius 3 is 2.73 bits per heavy atom. The largest absolute Gasteiger partial charge is 0.496 e. The van der Waals surface area contributed by atoms with Crippen molar-refractivity contribution >= 4 is 5.91 Å². The van der Waals surface area contributed by atoms with Gasteiger partial charge in [-0.3, -0.25) is 4.79 Å². The number of fused-ring (bicyclic) bond motifs is 1. The molecule has 2 aromatic carbocycles. The first-order valence-electron chi connectivity index (χ1n) is 7.47. The van der Waals surface area contributed by atoms with Gasteiger partial charge in [-0.05, 0) is 35.6 Å². The molecule has 0 bridgehead atoms. The molecule has 0 radical (unpaired) electrons. The summed E-state index contributed by atoms with van der Waals surface area (Å²) in [6.45, 7) is 0. The van der Waals surface area contributed by atoms with E-state index in [1.54, 1.807) is 7.11 Å². The van der Waals surface area contributed by atoms with Crippen LogP contribution in [0.25, 0.3) is 0 Å². The van der Waals surface area contributed by atoms with E-state index in [4.69, 9.17) is 10.5 Å². The fraction of sp³-hybridized carbons (Fsp3) is 0.278. The molecule has 0 aliphatic heterocycles. The molecule has 1 aliphatic carbocycles. The van der Waals surface area contributed by atoms with Crippen molar-refractivity contribution in [1.82, 2.24) is 5.32 Å². The number of rotatable bonds is 4. The van der Waals surface area contributed by atoms with Gasteiger partial charge >= 0.3 is 0 Å². The summed E-state index contributed by atoms with van der Waals surface area (Å²) < 4.78 is 5.39. The highest BCUT2D eigenvalue weighted by Crippen LogP contribution is 2.36. The van der Waals surface area contributed by atoms with Crippen molar-refractivity contribution in [1.29, 1.82) is 0 Å². The highest BCUT2D eigenvalue weighted by Gasteiger charge is 2.28. The summed E-state index contributed by atoms with van der Waals surface area (Å²) in [5, 5.41) is 3.07. The van der Waals surface area contributed by atoms with Gasteiger partial charge in [0.2, 0.25) is 5.91 Å². The van der Waals surface area contributed by atoms with Gasteiger partial charge in [-0.2, -0.15) is 0 Å². The molecule has 0 fully saturated rings. The summed E-state index contributed by atoms with van der Waals surface area (Å²) in [7, 11) is 1.67. The van der Waals surface area contributed by atoms with Gasteiger partial charge in [0, 0.05) is 0 Å². The maximum Gasteiger partial charge on any atom is 0.241 e. The van der Waals surface area contributed by atoms with Crippen molar-refractivity contribution in [3.05, 3.63) is 65.2 Å². The molecule has 4 nitrogen and oxygen atoms in total. The van der Waals surface area contributed by atoms with E-state index < -0.39 is 6.04 Å². The third-order valence-electron chi connectivity index (χ3n) is 4.21. The number of amides is 1. The van der Waals surface area contributed by atoms with E-state index in [2.05, 4.69) is 5.32 Å². The molecular formula is C18H20N2O2. The lowest BCUT2D eigenvalue weighted by atomic mass is 10.0. The molecule has 1 aliphatic rings. The van der Waals surface area contributed by atoms with E-state index in [9.17, 15) is 4.79 Å². The zero-order valence-electron chi connectivity index (χ0n) is 12.6. The molecule has 2 aromatic rings. The molecule has 22 heavy (non-hydrogen) atoms. The molecule has 0 spiro atoms. The van der Waals surface area contributed by atoms with E-state index in [1.165, 1.54) is 5.56 Å². The number of hydrogen-bond donors (Lipinski definition) is 2. The lowest BCUT2D eigenvalue weighted by Gasteiger charge is -2.18. The molecule has 0 saturated carbocycles. The van der Waals surface area contributed by atoms with E-state index in [0.29, 0.717) is 0 Å². The van der Waals surface area contributed by atoms with Gasteiger partial charge in [-0.25, -0.2) is 0 Å². The first kappa shape index (κ1) is 14.6. The fourth-order valence-corrected chi connectivity index (χ4v) is 3.04. The van der Waals surface area contributed by atoms with Crippen molar-refractivity contribution in [3.8, 4) is 5.75 Å². The summed E-state index contributed by atoms with van der Waals surface area (Å²) in [5.41, 5.74) is 9.20. The minimum absolute atomic E-state index is 0.00682. The van der Waals surface area contributed by atoms with E-state index in [-0.39, 0.29) is 11.9 Å². The molecule has 4 heteroatoms. The normalized spacial score (nSPS) is 17.6. The average Bonchev–Trinajstić information content (AvgIpc) is 2.98. The smallest absolute Gasteiger partial charge is 0.241 e. The minimum atomic E-state index is -0.643. The summed E-state index contributed by atoms with van der Waals surface area (Å²) in [6, 6.07) is 14.8. The van der Waals surface area contributed by atoms with Crippen LogP contribution < -0.4 is 15.8 Å². The van der Waals surface area contributed by atoms with E-state index >= 15 is 0 Å².